The lowest BCUT2D eigenvalue weighted by Gasteiger charge is -2.38. The predicted octanol–water partition coefficient (Wildman–Crippen LogP) is 1.16. The topological polar surface area (TPSA) is 73.6 Å². The van der Waals surface area contributed by atoms with Gasteiger partial charge >= 0.3 is 6.09 Å². The summed E-state index contributed by atoms with van der Waals surface area (Å²) in [5, 5.41) is 3.42. The molecule has 1 amide bonds. The summed E-state index contributed by atoms with van der Waals surface area (Å²) in [5.74, 6) is 0. The highest BCUT2D eigenvalue weighted by molar-refractivity contribution is 5.64. The van der Waals surface area contributed by atoms with E-state index in [1.54, 1.807) is 0 Å². The number of hydrogen-bond acceptors (Lipinski definition) is 4. The standard InChI is InChI=1S/C12H22N2O3/c13-11(15)16-8-6-14-10-3-7-17-12(9-10)4-1-2-5-12/h10,14H,1-9H2,(H2,13,15). The second-order valence-electron chi connectivity index (χ2n) is 5.05. The summed E-state index contributed by atoms with van der Waals surface area (Å²) in [6.45, 7) is 1.86. The van der Waals surface area contributed by atoms with Crippen LogP contribution in [0.2, 0.25) is 0 Å². The molecule has 17 heavy (non-hydrogen) atoms. The number of nitrogens with two attached hydrogens (primary N) is 1. The van der Waals surface area contributed by atoms with E-state index in [2.05, 4.69) is 5.32 Å². The van der Waals surface area contributed by atoms with Gasteiger partial charge in [0.1, 0.15) is 6.61 Å². The average molecular weight is 242 g/mol. The zero-order valence-electron chi connectivity index (χ0n) is 10.2. The second-order valence-corrected chi connectivity index (χ2v) is 5.05. The van der Waals surface area contributed by atoms with E-state index in [9.17, 15) is 4.79 Å². The minimum atomic E-state index is -0.703. The number of hydrogen-bond donors (Lipinski definition) is 2. The van der Waals surface area contributed by atoms with Crippen LogP contribution in [0.3, 0.4) is 0 Å². The zero-order valence-corrected chi connectivity index (χ0v) is 10.2. The highest BCUT2D eigenvalue weighted by Gasteiger charge is 2.39. The van der Waals surface area contributed by atoms with E-state index >= 15 is 0 Å². The lowest BCUT2D eigenvalue weighted by Crippen LogP contribution is -2.46. The first-order valence-electron chi connectivity index (χ1n) is 6.50. The molecule has 1 spiro atoms. The van der Waals surface area contributed by atoms with Gasteiger partial charge in [-0.1, -0.05) is 12.8 Å². The van der Waals surface area contributed by atoms with Gasteiger partial charge in [-0.3, -0.25) is 0 Å². The number of carbonyl (C=O) groups is 1. The second kappa shape index (κ2) is 5.69. The molecule has 0 aromatic heterocycles. The van der Waals surface area contributed by atoms with E-state index in [-0.39, 0.29) is 5.60 Å². The van der Waals surface area contributed by atoms with Crippen molar-refractivity contribution in [2.45, 2.75) is 50.2 Å². The van der Waals surface area contributed by atoms with Gasteiger partial charge in [-0.15, -0.1) is 0 Å². The number of carbonyl (C=O) groups excluding carboxylic acids is 1. The van der Waals surface area contributed by atoms with Crippen molar-refractivity contribution in [3.05, 3.63) is 0 Å². The fourth-order valence-electron chi connectivity index (χ4n) is 2.98. The van der Waals surface area contributed by atoms with Gasteiger partial charge in [0.15, 0.2) is 0 Å². The number of amides is 1. The van der Waals surface area contributed by atoms with Crippen LogP contribution < -0.4 is 11.1 Å². The molecule has 1 unspecified atom stereocenters. The molecule has 2 aliphatic rings. The van der Waals surface area contributed by atoms with Gasteiger partial charge in [-0.25, -0.2) is 4.79 Å². The number of nitrogens with one attached hydrogen (secondary N) is 1. The molecule has 1 atom stereocenters. The Balaban J connectivity index is 1.68. The Bertz CT molecular complexity index is 264. The quantitative estimate of drug-likeness (QED) is 0.726. The summed E-state index contributed by atoms with van der Waals surface area (Å²) >= 11 is 0. The molecule has 0 aromatic rings. The highest BCUT2D eigenvalue weighted by atomic mass is 16.5. The molecule has 0 bridgehead atoms. The first-order valence-corrected chi connectivity index (χ1v) is 6.50. The van der Waals surface area contributed by atoms with Crippen LogP contribution in [0, 0.1) is 0 Å². The summed E-state index contributed by atoms with van der Waals surface area (Å²) in [5.41, 5.74) is 5.04. The van der Waals surface area contributed by atoms with Crippen LogP contribution in [0.25, 0.3) is 0 Å². The summed E-state index contributed by atoms with van der Waals surface area (Å²) in [6, 6.07) is 0.485. The first-order chi connectivity index (χ1) is 8.20. The van der Waals surface area contributed by atoms with E-state index in [1.807, 2.05) is 0 Å². The van der Waals surface area contributed by atoms with E-state index in [0.29, 0.717) is 19.2 Å². The summed E-state index contributed by atoms with van der Waals surface area (Å²) in [7, 11) is 0. The zero-order chi connectivity index (χ0) is 12.1. The fourth-order valence-corrected chi connectivity index (χ4v) is 2.98. The molecule has 1 aliphatic heterocycles. The van der Waals surface area contributed by atoms with Crippen LogP contribution in [-0.4, -0.2) is 37.5 Å². The van der Waals surface area contributed by atoms with Crippen molar-refractivity contribution in [2.75, 3.05) is 19.8 Å². The molecule has 1 saturated heterocycles. The van der Waals surface area contributed by atoms with Gasteiger partial charge in [-0.05, 0) is 25.7 Å². The van der Waals surface area contributed by atoms with Gasteiger partial charge in [0.05, 0.1) is 5.60 Å². The Labute approximate surface area is 102 Å². The van der Waals surface area contributed by atoms with Gasteiger partial charge in [0.2, 0.25) is 0 Å². The Kier molecular flexibility index (Phi) is 4.23. The molecule has 0 aromatic carbocycles. The van der Waals surface area contributed by atoms with Crippen LogP contribution in [-0.2, 0) is 9.47 Å². The molecule has 1 aliphatic carbocycles. The number of rotatable bonds is 4. The van der Waals surface area contributed by atoms with Gasteiger partial charge in [0, 0.05) is 19.2 Å². The molecule has 2 rings (SSSR count). The van der Waals surface area contributed by atoms with Crippen LogP contribution in [0.4, 0.5) is 4.79 Å². The molecule has 1 heterocycles. The monoisotopic (exact) mass is 242 g/mol. The molecule has 5 heteroatoms. The van der Waals surface area contributed by atoms with Crippen LogP contribution in [0.5, 0.6) is 0 Å². The summed E-state index contributed by atoms with van der Waals surface area (Å²) in [4.78, 5) is 10.4. The maximum atomic E-state index is 10.4. The van der Waals surface area contributed by atoms with E-state index in [1.165, 1.54) is 25.7 Å². The Morgan fingerprint density at radius 2 is 2.24 bits per heavy atom. The maximum absolute atomic E-state index is 10.4. The smallest absolute Gasteiger partial charge is 0.404 e. The third-order valence-corrected chi connectivity index (χ3v) is 3.79. The minimum absolute atomic E-state index is 0.139. The molecular formula is C12H22N2O3. The average Bonchev–Trinajstić information content (AvgIpc) is 2.73. The molecule has 1 saturated carbocycles. The molecular weight excluding hydrogens is 220 g/mol. The van der Waals surface area contributed by atoms with E-state index in [4.69, 9.17) is 15.2 Å². The van der Waals surface area contributed by atoms with Gasteiger partial charge in [0.25, 0.3) is 0 Å². The molecule has 5 nitrogen and oxygen atoms in total. The van der Waals surface area contributed by atoms with Crippen molar-refractivity contribution < 1.29 is 14.3 Å². The van der Waals surface area contributed by atoms with Crippen molar-refractivity contribution in [3.63, 3.8) is 0 Å². The van der Waals surface area contributed by atoms with Crippen molar-refractivity contribution >= 4 is 6.09 Å². The maximum Gasteiger partial charge on any atom is 0.404 e. The van der Waals surface area contributed by atoms with Crippen molar-refractivity contribution in [3.8, 4) is 0 Å². The predicted molar refractivity (Wildman–Crippen MR) is 63.7 cm³/mol. The Morgan fingerprint density at radius 3 is 2.94 bits per heavy atom. The summed E-state index contributed by atoms with van der Waals surface area (Å²) in [6.07, 6.45) is 6.40. The normalized spacial score (nSPS) is 27.2. The van der Waals surface area contributed by atoms with Crippen LogP contribution in [0.1, 0.15) is 38.5 Å². The van der Waals surface area contributed by atoms with E-state index < -0.39 is 6.09 Å². The van der Waals surface area contributed by atoms with Gasteiger partial charge < -0.3 is 20.5 Å². The third kappa shape index (κ3) is 3.57. The highest BCUT2D eigenvalue weighted by Crippen LogP contribution is 2.39. The summed E-state index contributed by atoms with van der Waals surface area (Å²) < 4.78 is 10.7. The third-order valence-electron chi connectivity index (χ3n) is 3.79. The van der Waals surface area contributed by atoms with Crippen LogP contribution >= 0.6 is 0 Å². The van der Waals surface area contributed by atoms with Crippen LogP contribution in [0.15, 0.2) is 0 Å². The Morgan fingerprint density at radius 1 is 1.47 bits per heavy atom. The van der Waals surface area contributed by atoms with E-state index in [0.717, 1.165) is 19.4 Å². The van der Waals surface area contributed by atoms with Crippen molar-refractivity contribution in [2.24, 2.45) is 5.73 Å². The number of primary amides is 1. The lowest BCUT2D eigenvalue weighted by molar-refractivity contribution is -0.0838. The minimum Gasteiger partial charge on any atom is -0.448 e. The number of ether oxygens (including phenoxy) is 2. The Hall–Kier alpha value is -0.810. The van der Waals surface area contributed by atoms with Crippen molar-refractivity contribution in [1.29, 1.82) is 0 Å². The lowest BCUT2D eigenvalue weighted by atomic mass is 9.89. The molecule has 0 radical (unpaired) electrons. The SMILES string of the molecule is NC(=O)OCCNC1CCOC2(CCCC2)C1. The largest absolute Gasteiger partial charge is 0.448 e. The fraction of sp³-hybridized carbons (Fsp3) is 0.917. The molecule has 98 valence electrons. The molecule has 2 fully saturated rings. The first kappa shape index (κ1) is 12.6. The molecule has 3 N–H and O–H groups in total. The van der Waals surface area contributed by atoms with Gasteiger partial charge in [-0.2, -0.15) is 0 Å². The van der Waals surface area contributed by atoms with Crippen molar-refractivity contribution in [1.82, 2.24) is 5.32 Å².